The van der Waals surface area contributed by atoms with Gasteiger partial charge in [0.2, 0.25) is 5.91 Å². The molecule has 0 unspecified atom stereocenters. The summed E-state index contributed by atoms with van der Waals surface area (Å²) in [6.07, 6.45) is 4.41. The molecule has 0 radical (unpaired) electrons. The number of likely N-dealkylation sites (tertiary alicyclic amines) is 1. The van der Waals surface area contributed by atoms with Crippen molar-refractivity contribution in [2.24, 2.45) is 5.92 Å². The van der Waals surface area contributed by atoms with Gasteiger partial charge in [0.25, 0.3) is 11.8 Å². The highest BCUT2D eigenvalue weighted by Crippen LogP contribution is 2.29. The van der Waals surface area contributed by atoms with Crippen molar-refractivity contribution in [3.8, 4) is 0 Å². The molecule has 1 N–H and O–H groups in total. The van der Waals surface area contributed by atoms with Gasteiger partial charge in [0.05, 0.1) is 11.1 Å². The molecule has 0 spiro atoms. The van der Waals surface area contributed by atoms with Crippen LogP contribution in [0.2, 0.25) is 0 Å². The molecule has 2 fully saturated rings. The normalized spacial score (nSPS) is 16.5. The van der Waals surface area contributed by atoms with Crippen molar-refractivity contribution in [2.75, 3.05) is 49.5 Å². The highest BCUT2D eigenvalue weighted by atomic mass is 19.1. The molecule has 37 heavy (non-hydrogen) atoms. The van der Waals surface area contributed by atoms with Crippen LogP contribution in [-0.4, -0.2) is 66.8 Å². The van der Waals surface area contributed by atoms with Crippen LogP contribution in [0.4, 0.5) is 15.8 Å². The second-order valence-corrected chi connectivity index (χ2v) is 10.3. The topological polar surface area (TPSA) is 73.0 Å². The van der Waals surface area contributed by atoms with E-state index in [9.17, 15) is 18.8 Å². The van der Waals surface area contributed by atoms with Gasteiger partial charge in [-0.2, -0.15) is 0 Å². The third-order valence-electron chi connectivity index (χ3n) is 7.02. The maximum atomic E-state index is 14.1. The molecule has 198 valence electrons. The van der Waals surface area contributed by atoms with Crippen molar-refractivity contribution in [1.29, 1.82) is 0 Å². The van der Waals surface area contributed by atoms with Crippen LogP contribution in [0.25, 0.3) is 0 Å². The predicted molar refractivity (Wildman–Crippen MR) is 143 cm³/mol. The lowest BCUT2D eigenvalue weighted by Crippen LogP contribution is -2.38. The van der Waals surface area contributed by atoms with E-state index in [2.05, 4.69) is 10.2 Å². The summed E-state index contributed by atoms with van der Waals surface area (Å²) >= 11 is 0. The monoisotopic (exact) mass is 508 g/mol. The number of carbonyl (C=O) groups excluding carboxylic acids is 3. The van der Waals surface area contributed by atoms with E-state index in [1.54, 1.807) is 18.2 Å². The fourth-order valence-electron chi connectivity index (χ4n) is 5.06. The number of anilines is 2. The van der Waals surface area contributed by atoms with Crippen LogP contribution in [-0.2, 0) is 4.79 Å². The van der Waals surface area contributed by atoms with Crippen LogP contribution in [0.3, 0.4) is 0 Å². The lowest BCUT2D eigenvalue weighted by molar-refractivity contribution is -0.131. The summed E-state index contributed by atoms with van der Waals surface area (Å²) < 4.78 is 14.1. The standard InChI is InChI=1S/C29H37FN4O3/c1-21(2)19-27(35)33-16-8-15-32(17-18-33)26-12-11-22(31-28(36)23-9-4-5-10-25(23)30)20-24(26)29(37)34-13-6-3-7-14-34/h4-5,9-12,20-21H,3,6-8,13-19H2,1-2H3,(H,31,36). The largest absolute Gasteiger partial charge is 0.369 e. The van der Waals surface area contributed by atoms with Crippen LogP contribution in [0, 0.1) is 11.7 Å². The molecule has 2 aliphatic rings. The van der Waals surface area contributed by atoms with Crippen LogP contribution < -0.4 is 10.2 Å². The number of nitrogens with one attached hydrogen (secondary N) is 1. The van der Waals surface area contributed by atoms with Crippen molar-refractivity contribution in [2.45, 2.75) is 46.0 Å². The average molecular weight is 509 g/mol. The maximum Gasteiger partial charge on any atom is 0.258 e. The molecule has 7 nitrogen and oxygen atoms in total. The summed E-state index contributed by atoms with van der Waals surface area (Å²) in [7, 11) is 0. The van der Waals surface area contributed by atoms with E-state index in [-0.39, 0.29) is 17.4 Å². The number of halogens is 1. The Morgan fingerprint density at radius 3 is 2.30 bits per heavy atom. The van der Waals surface area contributed by atoms with Gasteiger partial charge in [-0.15, -0.1) is 0 Å². The summed E-state index contributed by atoms with van der Waals surface area (Å²) in [4.78, 5) is 45.0. The number of hydrogen-bond donors (Lipinski definition) is 1. The smallest absolute Gasteiger partial charge is 0.258 e. The Hall–Kier alpha value is -3.42. The summed E-state index contributed by atoms with van der Waals surface area (Å²) in [5.74, 6) is -0.729. The van der Waals surface area contributed by atoms with Gasteiger partial charge in [-0.05, 0) is 61.9 Å². The van der Waals surface area contributed by atoms with E-state index in [1.165, 1.54) is 18.2 Å². The van der Waals surface area contributed by atoms with Gasteiger partial charge < -0.3 is 20.0 Å². The number of benzene rings is 2. The molecule has 0 saturated carbocycles. The first-order valence-electron chi connectivity index (χ1n) is 13.4. The summed E-state index contributed by atoms with van der Waals surface area (Å²) in [5, 5.41) is 2.76. The van der Waals surface area contributed by atoms with Gasteiger partial charge in [-0.1, -0.05) is 26.0 Å². The van der Waals surface area contributed by atoms with Gasteiger partial charge in [0, 0.05) is 57.1 Å². The van der Waals surface area contributed by atoms with Crippen molar-refractivity contribution in [3.63, 3.8) is 0 Å². The number of piperidine rings is 1. The molecule has 3 amide bonds. The molecule has 2 aromatic rings. The predicted octanol–water partition coefficient (Wildman–Crippen LogP) is 4.79. The molecule has 2 aliphatic heterocycles. The van der Waals surface area contributed by atoms with Crippen molar-refractivity contribution < 1.29 is 18.8 Å². The fraction of sp³-hybridized carbons (Fsp3) is 0.483. The Morgan fingerprint density at radius 2 is 1.57 bits per heavy atom. The molecule has 0 bridgehead atoms. The van der Waals surface area contributed by atoms with Crippen LogP contribution in [0.5, 0.6) is 0 Å². The highest BCUT2D eigenvalue weighted by Gasteiger charge is 2.26. The Labute approximate surface area is 218 Å². The molecule has 8 heteroatoms. The quantitative estimate of drug-likeness (QED) is 0.609. The molecule has 2 heterocycles. The number of hydrogen-bond acceptors (Lipinski definition) is 4. The SMILES string of the molecule is CC(C)CC(=O)N1CCCN(c2ccc(NC(=O)c3ccccc3F)cc2C(=O)N2CCCCC2)CC1. The minimum absolute atomic E-state index is 0.0471. The highest BCUT2D eigenvalue weighted by molar-refractivity contribution is 6.06. The lowest BCUT2D eigenvalue weighted by atomic mass is 10.1. The first-order chi connectivity index (χ1) is 17.8. The molecule has 2 aromatic carbocycles. The molecule has 0 aromatic heterocycles. The van der Waals surface area contributed by atoms with Crippen LogP contribution in [0.1, 0.15) is 66.7 Å². The number of nitrogens with zero attached hydrogens (tertiary/aromatic N) is 3. The van der Waals surface area contributed by atoms with Gasteiger partial charge in [0.15, 0.2) is 0 Å². The third-order valence-corrected chi connectivity index (χ3v) is 7.02. The van der Waals surface area contributed by atoms with Gasteiger partial charge in [-0.3, -0.25) is 14.4 Å². The number of amides is 3. The second-order valence-electron chi connectivity index (χ2n) is 10.3. The maximum absolute atomic E-state index is 14.1. The molecule has 4 rings (SSSR count). The second kappa shape index (κ2) is 12.2. The Balaban J connectivity index is 1.58. The van der Waals surface area contributed by atoms with Crippen LogP contribution >= 0.6 is 0 Å². The van der Waals surface area contributed by atoms with E-state index in [4.69, 9.17) is 0 Å². The minimum atomic E-state index is -0.595. The van der Waals surface area contributed by atoms with Crippen molar-refractivity contribution in [3.05, 3.63) is 59.4 Å². The van der Waals surface area contributed by atoms with E-state index in [1.807, 2.05) is 29.7 Å². The van der Waals surface area contributed by atoms with Crippen molar-refractivity contribution in [1.82, 2.24) is 9.80 Å². The van der Waals surface area contributed by atoms with Gasteiger partial charge in [-0.25, -0.2) is 4.39 Å². The fourth-order valence-corrected chi connectivity index (χ4v) is 5.06. The first-order valence-corrected chi connectivity index (χ1v) is 13.4. The zero-order chi connectivity index (χ0) is 26.4. The van der Waals surface area contributed by atoms with Gasteiger partial charge >= 0.3 is 0 Å². The van der Waals surface area contributed by atoms with E-state index < -0.39 is 11.7 Å². The molecule has 0 aliphatic carbocycles. The van der Waals surface area contributed by atoms with Crippen LogP contribution in [0.15, 0.2) is 42.5 Å². The minimum Gasteiger partial charge on any atom is -0.369 e. The number of rotatable bonds is 6. The third kappa shape index (κ3) is 6.67. The summed E-state index contributed by atoms with van der Waals surface area (Å²) in [5.41, 5.74) is 1.72. The molecular formula is C29H37FN4O3. The zero-order valence-corrected chi connectivity index (χ0v) is 21.8. The van der Waals surface area contributed by atoms with Crippen molar-refractivity contribution >= 4 is 29.1 Å². The van der Waals surface area contributed by atoms with E-state index >= 15 is 0 Å². The Kier molecular flexibility index (Phi) is 8.79. The Morgan fingerprint density at radius 1 is 0.838 bits per heavy atom. The van der Waals surface area contributed by atoms with E-state index in [0.29, 0.717) is 56.3 Å². The molecule has 0 atom stereocenters. The van der Waals surface area contributed by atoms with E-state index in [0.717, 1.165) is 37.9 Å². The lowest BCUT2D eigenvalue weighted by Gasteiger charge is -2.30. The molecule has 2 saturated heterocycles. The van der Waals surface area contributed by atoms with Gasteiger partial charge in [0.1, 0.15) is 5.82 Å². The number of carbonyl (C=O) groups is 3. The summed E-state index contributed by atoms with van der Waals surface area (Å²) in [6, 6.07) is 11.2. The Bertz CT molecular complexity index is 1130. The zero-order valence-electron chi connectivity index (χ0n) is 21.8. The molecular weight excluding hydrogens is 471 g/mol. The summed E-state index contributed by atoms with van der Waals surface area (Å²) in [6.45, 7) is 8.18. The average Bonchev–Trinajstić information content (AvgIpc) is 3.15. The first kappa shape index (κ1) is 26.6.